The monoisotopic (exact) mass is 303 g/mol. The van der Waals surface area contributed by atoms with Crippen molar-refractivity contribution >= 4 is 21.6 Å². The van der Waals surface area contributed by atoms with Crippen LogP contribution < -0.4 is 0 Å². The molecule has 1 aromatic rings. The molecule has 0 unspecified atom stereocenters. The van der Waals surface area contributed by atoms with E-state index in [9.17, 15) is 8.42 Å². The van der Waals surface area contributed by atoms with Crippen LogP contribution in [0, 0.1) is 0 Å². The summed E-state index contributed by atoms with van der Waals surface area (Å²) in [5, 5.41) is 0. The minimum atomic E-state index is -3.37. The molecule has 0 atom stereocenters. The van der Waals surface area contributed by atoms with Crippen LogP contribution in [-0.4, -0.2) is 44.9 Å². The van der Waals surface area contributed by atoms with Crippen molar-refractivity contribution in [2.24, 2.45) is 0 Å². The molecule has 2 rings (SSSR count). The predicted octanol–water partition coefficient (Wildman–Crippen LogP) is 1.88. The second kappa shape index (κ2) is 6.70. The average Bonchev–Trinajstić information content (AvgIpc) is 2.46. The highest BCUT2D eigenvalue weighted by Crippen LogP contribution is 2.18. The molecule has 0 aliphatic carbocycles. The van der Waals surface area contributed by atoms with Gasteiger partial charge in [0.15, 0.2) is 0 Å². The number of hydrogen-bond donors (Lipinski definition) is 0. The number of ether oxygens (including phenoxy) is 1. The predicted molar refractivity (Wildman–Crippen MR) is 75.1 cm³/mol. The molecule has 1 aliphatic rings. The number of hydrogen-bond acceptors (Lipinski definition) is 3. The molecule has 0 spiro atoms. The molecule has 0 radical (unpaired) electrons. The third-order valence-corrected chi connectivity index (χ3v) is 5.31. The van der Waals surface area contributed by atoms with Gasteiger partial charge in [-0.2, -0.15) is 4.31 Å². The quantitative estimate of drug-likeness (QED) is 0.780. The zero-order valence-electron chi connectivity index (χ0n) is 10.7. The Hall–Kier alpha value is -0.620. The lowest BCUT2D eigenvalue weighted by Gasteiger charge is -2.26. The van der Waals surface area contributed by atoms with Crippen LogP contribution in [0.15, 0.2) is 29.2 Å². The maximum absolute atomic E-state index is 12.4. The van der Waals surface area contributed by atoms with Gasteiger partial charge in [0.2, 0.25) is 10.0 Å². The Bertz CT molecular complexity index is 495. The minimum absolute atomic E-state index is 0.351. The number of sulfonamides is 1. The first-order valence-electron chi connectivity index (χ1n) is 6.37. The van der Waals surface area contributed by atoms with Crippen molar-refractivity contribution in [3.05, 3.63) is 29.8 Å². The van der Waals surface area contributed by atoms with Crippen LogP contribution in [-0.2, 0) is 21.2 Å². The zero-order valence-corrected chi connectivity index (χ0v) is 12.3. The number of morpholine rings is 1. The van der Waals surface area contributed by atoms with Gasteiger partial charge in [-0.3, -0.25) is 0 Å². The second-order valence-electron chi connectivity index (χ2n) is 4.45. The lowest BCUT2D eigenvalue weighted by Crippen LogP contribution is -2.40. The molecule has 1 aromatic carbocycles. The largest absolute Gasteiger partial charge is 0.379 e. The van der Waals surface area contributed by atoms with Crippen molar-refractivity contribution < 1.29 is 13.2 Å². The van der Waals surface area contributed by atoms with Gasteiger partial charge >= 0.3 is 0 Å². The van der Waals surface area contributed by atoms with Crippen LogP contribution in [0.25, 0.3) is 0 Å². The third-order valence-electron chi connectivity index (χ3n) is 3.13. The Balaban J connectivity index is 2.11. The van der Waals surface area contributed by atoms with E-state index < -0.39 is 10.0 Å². The summed E-state index contributed by atoms with van der Waals surface area (Å²) in [5.74, 6) is 0.619. The zero-order chi connectivity index (χ0) is 13.7. The molecule has 0 aromatic heterocycles. The number of halogens is 1. The van der Waals surface area contributed by atoms with Gasteiger partial charge < -0.3 is 4.74 Å². The summed E-state index contributed by atoms with van der Waals surface area (Å²) in [6.45, 7) is 1.78. The number of alkyl halides is 1. The smallest absolute Gasteiger partial charge is 0.243 e. The third kappa shape index (κ3) is 3.69. The van der Waals surface area contributed by atoms with Crippen molar-refractivity contribution in [1.29, 1.82) is 0 Å². The molecule has 1 aliphatic heterocycles. The molecule has 0 saturated carbocycles. The van der Waals surface area contributed by atoms with Crippen LogP contribution in [0.5, 0.6) is 0 Å². The molecule has 0 bridgehead atoms. The first-order chi connectivity index (χ1) is 9.14. The summed E-state index contributed by atoms with van der Waals surface area (Å²) < 4.78 is 31.4. The molecule has 19 heavy (non-hydrogen) atoms. The molecule has 0 N–H and O–H groups in total. The highest BCUT2D eigenvalue weighted by molar-refractivity contribution is 7.89. The van der Waals surface area contributed by atoms with Gasteiger partial charge in [-0.15, -0.1) is 11.6 Å². The molecular formula is C13H18ClNO3S. The summed E-state index contributed by atoms with van der Waals surface area (Å²) in [6, 6.07) is 7.07. The molecule has 0 amide bonds. The van der Waals surface area contributed by atoms with E-state index in [-0.39, 0.29) is 0 Å². The highest BCUT2D eigenvalue weighted by atomic mass is 35.5. The summed E-state index contributed by atoms with van der Waals surface area (Å²) in [5.41, 5.74) is 1.11. The fourth-order valence-corrected chi connectivity index (χ4v) is 3.58. The molecule has 4 nitrogen and oxygen atoms in total. The van der Waals surface area contributed by atoms with Gasteiger partial charge in [0.25, 0.3) is 0 Å². The first-order valence-corrected chi connectivity index (χ1v) is 8.35. The number of nitrogens with zero attached hydrogens (tertiary/aromatic N) is 1. The Morgan fingerprint density at radius 1 is 1.16 bits per heavy atom. The van der Waals surface area contributed by atoms with Crippen LogP contribution in [0.1, 0.15) is 12.0 Å². The van der Waals surface area contributed by atoms with Crippen LogP contribution >= 0.6 is 11.6 Å². The van der Waals surface area contributed by atoms with E-state index >= 15 is 0 Å². The molecule has 106 valence electrons. The van der Waals surface area contributed by atoms with Gasteiger partial charge in [-0.05, 0) is 30.5 Å². The summed E-state index contributed by atoms with van der Waals surface area (Å²) in [6.07, 6.45) is 1.78. The normalized spacial score (nSPS) is 17.5. The molecule has 1 fully saturated rings. The number of rotatable bonds is 5. The van der Waals surface area contributed by atoms with E-state index in [1.165, 1.54) is 4.31 Å². The van der Waals surface area contributed by atoms with E-state index in [4.69, 9.17) is 16.3 Å². The van der Waals surface area contributed by atoms with Crippen molar-refractivity contribution in [3.63, 3.8) is 0 Å². The van der Waals surface area contributed by atoms with E-state index in [0.717, 1.165) is 18.4 Å². The molecular weight excluding hydrogens is 286 g/mol. The lowest BCUT2D eigenvalue weighted by atomic mass is 10.1. The maximum atomic E-state index is 12.4. The Morgan fingerprint density at radius 2 is 1.79 bits per heavy atom. The van der Waals surface area contributed by atoms with Crippen LogP contribution in [0.4, 0.5) is 0 Å². The topological polar surface area (TPSA) is 46.6 Å². The Labute approximate surface area is 119 Å². The fraction of sp³-hybridized carbons (Fsp3) is 0.538. The van der Waals surface area contributed by atoms with Gasteiger partial charge in [0, 0.05) is 19.0 Å². The SMILES string of the molecule is O=S(=O)(c1ccc(CCCCl)cc1)N1CCOCC1. The number of aryl methyl sites for hydroxylation is 1. The van der Waals surface area contributed by atoms with Gasteiger partial charge in [0.05, 0.1) is 18.1 Å². The Kier molecular flexibility index (Phi) is 5.21. The van der Waals surface area contributed by atoms with Gasteiger partial charge in [-0.1, -0.05) is 12.1 Å². The average molecular weight is 304 g/mol. The lowest BCUT2D eigenvalue weighted by molar-refractivity contribution is 0.0730. The molecule has 1 saturated heterocycles. The van der Waals surface area contributed by atoms with E-state index in [1.54, 1.807) is 12.1 Å². The van der Waals surface area contributed by atoms with Crippen molar-refractivity contribution in [2.45, 2.75) is 17.7 Å². The van der Waals surface area contributed by atoms with Crippen LogP contribution in [0.2, 0.25) is 0 Å². The van der Waals surface area contributed by atoms with Gasteiger partial charge in [0.1, 0.15) is 0 Å². The Morgan fingerprint density at radius 3 is 2.37 bits per heavy atom. The standard InChI is InChI=1S/C13H18ClNO3S/c14-7-1-2-12-3-5-13(6-4-12)19(16,17)15-8-10-18-11-9-15/h3-6H,1-2,7-11H2. The first kappa shape index (κ1) is 14.8. The number of benzene rings is 1. The van der Waals surface area contributed by atoms with Gasteiger partial charge in [-0.25, -0.2) is 8.42 Å². The molecule has 6 heteroatoms. The van der Waals surface area contributed by atoms with Crippen molar-refractivity contribution in [2.75, 3.05) is 32.2 Å². The summed E-state index contributed by atoms with van der Waals surface area (Å²) in [7, 11) is -3.37. The van der Waals surface area contributed by atoms with Crippen LogP contribution in [0.3, 0.4) is 0 Å². The summed E-state index contributed by atoms with van der Waals surface area (Å²) >= 11 is 5.64. The minimum Gasteiger partial charge on any atom is -0.379 e. The highest BCUT2D eigenvalue weighted by Gasteiger charge is 2.25. The van der Waals surface area contributed by atoms with E-state index in [0.29, 0.717) is 37.1 Å². The second-order valence-corrected chi connectivity index (χ2v) is 6.77. The molecule has 1 heterocycles. The van der Waals surface area contributed by atoms with Crippen molar-refractivity contribution in [3.8, 4) is 0 Å². The maximum Gasteiger partial charge on any atom is 0.243 e. The van der Waals surface area contributed by atoms with E-state index in [1.807, 2.05) is 12.1 Å². The van der Waals surface area contributed by atoms with Crippen molar-refractivity contribution in [1.82, 2.24) is 4.31 Å². The fourth-order valence-electron chi connectivity index (χ4n) is 2.04. The summed E-state index contributed by atoms with van der Waals surface area (Å²) in [4.78, 5) is 0.351. The van der Waals surface area contributed by atoms with E-state index in [2.05, 4.69) is 0 Å².